The summed E-state index contributed by atoms with van der Waals surface area (Å²) >= 11 is 12.2. The van der Waals surface area contributed by atoms with E-state index >= 15 is 0 Å². The normalized spacial score (nSPS) is 12.6. The second-order valence-electron chi connectivity index (χ2n) is 4.54. The van der Waals surface area contributed by atoms with E-state index in [0.29, 0.717) is 5.02 Å². The fourth-order valence-corrected chi connectivity index (χ4v) is 2.48. The summed E-state index contributed by atoms with van der Waals surface area (Å²) < 4.78 is 1.89. The zero-order valence-electron chi connectivity index (χ0n) is 11.0. The molecule has 19 heavy (non-hydrogen) atoms. The first-order chi connectivity index (χ1) is 9.08. The summed E-state index contributed by atoms with van der Waals surface area (Å²) in [5.74, 6) is 0. The minimum Gasteiger partial charge on any atom is -0.310 e. The minimum absolute atomic E-state index is 0.166. The molecule has 1 atom stereocenters. The molecule has 1 heterocycles. The fourth-order valence-electron chi connectivity index (χ4n) is 2.02. The predicted octanol–water partition coefficient (Wildman–Crippen LogP) is 3.62. The molecule has 1 aromatic carbocycles. The van der Waals surface area contributed by atoms with Gasteiger partial charge in [-0.1, -0.05) is 23.2 Å². The maximum atomic E-state index is 6.18. The van der Waals surface area contributed by atoms with Gasteiger partial charge in [-0.15, -0.1) is 0 Å². The van der Waals surface area contributed by atoms with E-state index in [4.69, 9.17) is 23.2 Å². The molecule has 0 saturated carbocycles. The lowest BCUT2D eigenvalue weighted by molar-refractivity contribution is 0.564. The average molecular weight is 298 g/mol. The highest BCUT2D eigenvalue weighted by Gasteiger charge is 2.10. The molecule has 0 fully saturated rings. The lowest BCUT2D eigenvalue weighted by Gasteiger charge is -2.16. The summed E-state index contributed by atoms with van der Waals surface area (Å²) in [6.07, 6.45) is 2.74. The Morgan fingerprint density at radius 1 is 1.32 bits per heavy atom. The third-order valence-electron chi connectivity index (χ3n) is 3.18. The maximum absolute atomic E-state index is 6.18. The first-order valence-electron chi connectivity index (χ1n) is 6.23. The summed E-state index contributed by atoms with van der Waals surface area (Å²) in [6, 6.07) is 7.73. The third kappa shape index (κ3) is 3.72. The molecule has 5 heteroatoms. The average Bonchev–Trinajstić information content (AvgIpc) is 2.78. The van der Waals surface area contributed by atoms with Crippen LogP contribution in [0.2, 0.25) is 10.0 Å². The Kier molecular flexibility index (Phi) is 4.86. The molecule has 0 bridgehead atoms. The molecular weight excluding hydrogens is 281 g/mol. The predicted molar refractivity (Wildman–Crippen MR) is 79.8 cm³/mol. The Balaban J connectivity index is 1.92. The quantitative estimate of drug-likeness (QED) is 0.913. The standard InChI is InChI=1S/C14H17Cl2N3/c1-10(13-9-11(15)3-4-14(13)16)17-7-5-12-6-8-18-19(12)2/h3-4,6,8-10,17H,5,7H2,1-2H3. The fraction of sp³-hybridized carbons (Fsp3) is 0.357. The van der Waals surface area contributed by atoms with Crippen molar-refractivity contribution < 1.29 is 0 Å². The van der Waals surface area contributed by atoms with E-state index < -0.39 is 0 Å². The summed E-state index contributed by atoms with van der Waals surface area (Å²) in [5, 5.41) is 9.05. The van der Waals surface area contributed by atoms with Gasteiger partial charge in [0.2, 0.25) is 0 Å². The molecule has 0 aliphatic heterocycles. The van der Waals surface area contributed by atoms with Crippen molar-refractivity contribution >= 4 is 23.2 Å². The van der Waals surface area contributed by atoms with Crippen molar-refractivity contribution in [2.45, 2.75) is 19.4 Å². The summed E-state index contributed by atoms with van der Waals surface area (Å²) in [4.78, 5) is 0. The van der Waals surface area contributed by atoms with E-state index in [1.807, 2.05) is 36.1 Å². The van der Waals surface area contributed by atoms with E-state index in [9.17, 15) is 0 Å². The van der Waals surface area contributed by atoms with Crippen molar-refractivity contribution in [2.75, 3.05) is 6.54 Å². The van der Waals surface area contributed by atoms with Crippen molar-refractivity contribution in [1.29, 1.82) is 0 Å². The molecule has 0 spiro atoms. The van der Waals surface area contributed by atoms with Crippen LogP contribution in [0.1, 0.15) is 24.2 Å². The Labute approximate surface area is 123 Å². The van der Waals surface area contributed by atoms with Crippen LogP contribution >= 0.6 is 23.2 Å². The number of halogens is 2. The van der Waals surface area contributed by atoms with E-state index in [1.54, 1.807) is 6.07 Å². The lowest BCUT2D eigenvalue weighted by atomic mass is 10.1. The number of rotatable bonds is 5. The van der Waals surface area contributed by atoms with Crippen molar-refractivity contribution in [3.8, 4) is 0 Å². The molecule has 0 radical (unpaired) electrons. The second-order valence-corrected chi connectivity index (χ2v) is 5.38. The number of benzene rings is 1. The van der Waals surface area contributed by atoms with Crippen molar-refractivity contribution in [3.05, 3.63) is 51.8 Å². The lowest BCUT2D eigenvalue weighted by Crippen LogP contribution is -2.22. The van der Waals surface area contributed by atoms with Crippen LogP contribution in [0.4, 0.5) is 0 Å². The van der Waals surface area contributed by atoms with Gasteiger partial charge in [0.05, 0.1) is 0 Å². The van der Waals surface area contributed by atoms with Gasteiger partial charge < -0.3 is 5.32 Å². The molecule has 1 aromatic heterocycles. The number of aryl methyl sites for hydroxylation is 1. The Hall–Kier alpha value is -1.03. The first-order valence-corrected chi connectivity index (χ1v) is 6.98. The van der Waals surface area contributed by atoms with Crippen LogP contribution < -0.4 is 5.32 Å². The number of hydrogen-bond acceptors (Lipinski definition) is 2. The molecule has 0 aliphatic rings. The van der Waals surface area contributed by atoms with E-state index in [0.717, 1.165) is 23.6 Å². The summed E-state index contributed by atoms with van der Waals surface area (Å²) in [5.41, 5.74) is 2.23. The molecule has 0 saturated heterocycles. The number of nitrogens with zero attached hydrogens (tertiary/aromatic N) is 2. The Morgan fingerprint density at radius 2 is 2.11 bits per heavy atom. The van der Waals surface area contributed by atoms with E-state index in [2.05, 4.69) is 17.3 Å². The van der Waals surface area contributed by atoms with E-state index in [-0.39, 0.29) is 6.04 Å². The van der Waals surface area contributed by atoms with Crippen LogP contribution in [0, 0.1) is 0 Å². The van der Waals surface area contributed by atoms with Gasteiger partial charge in [-0.25, -0.2) is 0 Å². The molecule has 0 aliphatic carbocycles. The zero-order chi connectivity index (χ0) is 13.8. The van der Waals surface area contributed by atoms with Gasteiger partial charge in [-0.2, -0.15) is 5.10 Å². The zero-order valence-corrected chi connectivity index (χ0v) is 12.5. The maximum Gasteiger partial charge on any atom is 0.0492 e. The number of aromatic nitrogens is 2. The van der Waals surface area contributed by atoms with Crippen LogP contribution in [-0.2, 0) is 13.5 Å². The van der Waals surface area contributed by atoms with Crippen molar-refractivity contribution in [1.82, 2.24) is 15.1 Å². The highest BCUT2D eigenvalue weighted by atomic mass is 35.5. The van der Waals surface area contributed by atoms with Crippen LogP contribution in [0.5, 0.6) is 0 Å². The van der Waals surface area contributed by atoms with Crippen molar-refractivity contribution in [3.63, 3.8) is 0 Å². The van der Waals surface area contributed by atoms with Gasteiger partial charge in [0.15, 0.2) is 0 Å². The Morgan fingerprint density at radius 3 is 2.79 bits per heavy atom. The van der Waals surface area contributed by atoms with Crippen LogP contribution in [0.15, 0.2) is 30.5 Å². The van der Waals surface area contributed by atoms with Gasteiger partial charge in [0.1, 0.15) is 0 Å². The monoisotopic (exact) mass is 297 g/mol. The van der Waals surface area contributed by atoms with Gasteiger partial charge in [-0.05, 0) is 36.8 Å². The molecular formula is C14H17Cl2N3. The van der Waals surface area contributed by atoms with Gasteiger partial charge in [0.25, 0.3) is 0 Å². The highest BCUT2D eigenvalue weighted by molar-refractivity contribution is 6.33. The third-order valence-corrected chi connectivity index (χ3v) is 3.76. The topological polar surface area (TPSA) is 29.9 Å². The number of hydrogen-bond donors (Lipinski definition) is 1. The molecule has 0 amide bonds. The van der Waals surface area contributed by atoms with Gasteiger partial charge in [-0.3, -0.25) is 4.68 Å². The smallest absolute Gasteiger partial charge is 0.0492 e. The first kappa shape index (κ1) is 14.4. The Bertz CT molecular complexity index is 551. The second kappa shape index (κ2) is 6.42. The SMILES string of the molecule is CC(NCCc1ccnn1C)c1cc(Cl)ccc1Cl. The molecule has 2 rings (SSSR count). The van der Waals surface area contributed by atoms with Crippen molar-refractivity contribution in [2.24, 2.45) is 7.05 Å². The van der Waals surface area contributed by atoms with Gasteiger partial charge in [0, 0.05) is 48.0 Å². The largest absolute Gasteiger partial charge is 0.310 e. The number of nitrogens with one attached hydrogen (secondary N) is 1. The summed E-state index contributed by atoms with van der Waals surface area (Å²) in [6.45, 7) is 2.95. The summed E-state index contributed by atoms with van der Waals surface area (Å²) in [7, 11) is 1.95. The molecule has 1 N–H and O–H groups in total. The molecule has 3 nitrogen and oxygen atoms in total. The van der Waals surface area contributed by atoms with Crippen LogP contribution in [0.25, 0.3) is 0 Å². The van der Waals surface area contributed by atoms with Crippen LogP contribution in [0.3, 0.4) is 0 Å². The molecule has 2 aromatic rings. The highest BCUT2D eigenvalue weighted by Crippen LogP contribution is 2.26. The molecule has 1 unspecified atom stereocenters. The van der Waals surface area contributed by atoms with Crippen LogP contribution in [-0.4, -0.2) is 16.3 Å². The van der Waals surface area contributed by atoms with E-state index in [1.165, 1.54) is 5.69 Å². The van der Waals surface area contributed by atoms with Gasteiger partial charge >= 0.3 is 0 Å². The molecule has 102 valence electrons. The minimum atomic E-state index is 0.166.